The number of hydrogen-bond acceptors (Lipinski definition) is 0. The van der Waals surface area contributed by atoms with Crippen molar-refractivity contribution in [2.45, 2.75) is 19.8 Å². The highest BCUT2D eigenvalue weighted by Crippen LogP contribution is 2.09. The highest BCUT2D eigenvalue weighted by molar-refractivity contribution is 9.11. The van der Waals surface area contributed by atoms with Gasteiger partial charge in [-0.15, -0.1) is 0 Å². The third-order valence-electron chi connectivity index (χ3n) is 1.84. The highest BCUT2D eigenvalue weighted by Gasteiger charge is 1.91. The third kappa shape index (κ3) is 3.22. The van der Waals surface area contributed by atoms with Crippen molar-refractivity contribution in [2.75, 3.05) is 0 Å². The van der Waals surface area contributed by atoms with Gasteiger partial charge in [0.25, 0.3) is 0 Å². The molecule has 0 amide bonds. The van der Waals surface area contributed by atoms with E-state index in [1.165, 1.54) is 11.1 Å². The SMILES string of the molecule is C/C(=C\Br)CCc1ccccc1. The zero-order valence-corrected chi connectivity index (χ0v) is 8.84. The van der Waals surface area contributed by atoms with Gasteiger partial charge in [0.15, 0.2) is 0 Å². The minimum Gasteiger partial charge on any atom is -0.0661 e. The predicted octanol–water partition coefficient (Wildman–Crippen LogP) is 3.92. The van der Waals surface area contributed by atoms with Crippen LogP contribution in [0.5, 0.6) is 0 Å². The number of aryl methyl sites for hydroxylation is 1. The molecular weight excluding hydrogens is 212 g/mol. The van der Waals surface area contributed by atoms with Crippen LogP contribution < -0.4 is 0 Å². The van der Waals surface area contributed by atoms with Crippen LogP contribution in [0.3, 0.4) is 0 Å². The van der Waals surface area contributed by atoms with Crippen LogP contribution in [0.1, 0.15) is 18.9 Å². The average Bonchev–Trinajstić information content (AvgIpc) is 2.16. The van der Waals surface area contributed by atoms with Gasteiger partial charge in [0.05, 0.1) is 0 Å². The smallest absolute Gasteiger partial charge is 0.0200 e. The van der Waals surface area contributed by atoms with Crippen molar-refractivity contribution in [2.24, 2.45) is 0 Å². The molecule has 0 aliphatic heterocycles. The Morgan fingerprint density at radius 2 is 2.00 bits per heavy atom. The Balaban J connectivity index is 2.44. The Morgan fingerprint density at radius 1 is 1.33 bits per heavy atom. The molecule has 12 heavy (non-hydrogen) atoms. The Labute approximate surface area is 82.4 Å². The minimum absolute atomic E-state index is 1.13. The van der Waals surface area contributed by atoms with Crippen LogP contribution in [-0.4, -0.2) is 0 Å². The summed E-state index contributed by atoms with van der Waals surface area (Å²) in [4.78, 5) is 2.00. The summed E-state index contributed by atoms with van der Waals surface area (Å²) < 4.78 is 0. The second kappa shape index (κ2) is 5.15. The summed E-state index contributed by atoms with van der Waals surface area (Å²) in [5, 5.41) is 0. The van der Waals surface area contributed by atoms with E-state index in [9.17, 15) is 0 Å². The van der Waals surface area contributed by atoms with Crippen molar-refractivity contribution in [1.82, 2.24) is 0 Å². The van der Waals surface area contributed by atoms with E-state index in [1.54, 1.807) is 0 Å². The van der Waals surface area contributed by atoms with E-state index in [0.717, 1.165) is 12.8 Å². The second-order valence-electron chi connectivity index (χ2n) is 2.94. The number of benzene rings is 1. The van der Waals surface area contributed by atoms with Crippen LogP contribution in [-0.2, 0) is 6.42 Å². The normalized spacial score (nSPS) is 11.7. The molecule has 0 saturated heterocycles. The van der Waals surface area contributed by atoms with Crippen molar-refractivity contribution in [3.63, 3.8) is 0 Å². The van der Waals surface area contributed by atoms with E-state index >= 15 is 0 Å². The molecule has 0 atom stereocenters. The lowest BCUT2D eigenvalue weighted by Crippen LogP contribution is -1.84. The Kier molecular flexibility index (Phi) is 4.09. The van der Waals surface area contributed by atoms with Gasteiger partial charge in [0.2, 0.25) is 0 Å². The van der Waals surface area contributed by atoms with Crippen molar-refractivity contribution in [3.8, 4) is 0 Å². The summed E-state index contributed by atoms with van der Waals surface area (Å²) in [6.07, 6.45) is 2.27. The van der Waals surface area contributed by atoms with Crippen molar-refractivity contribution < 1.29 is 0 Å². The summed E-state index contributed by atoms with van der Waals surface area (Å²) in [6.45, 7) is 2.14. The van der Waals surface area contributed by atoms with Crippen molar-refractivity contribution >= 4 is 15.9 Å². The van der Waals surface area contributed by atoms with Crippen LogP contribution in [0.2, 0.25) is 0 Å². The van der Waals surface area contributed by atoms with E-state index in [4.69, 9.17) is 0 Å². The first kappa shape index (κ1) is 9.53. The predicted molar refractivity (Wildman–Crippen MR) is 57.4 cm³/mol. The minimum atomic E-state index is 1.13. The fourth-order valence-electron chi connectivity index (χ4n) is 1.04. The lowest BCUT2D eigenvalue weighted by Gasteiger charge is -1.99. The maximum atomic E-state index is 3.33. The summed E-state index contributed by atoms with van der Waals surface area (Å²) in [7, 11) is 0. The van der Waals surface area contributed by atoms with Crippen molar-refractivity contribution in [1.29, 1.82) is 0 Å². The first-order valence-corrected chi connectivity index (χ1v) is 5.04. The maximum Gasteiger partial charge on any atom is -0.0200 e. The largest absolute Gasteiger partial charge is 0.0661 e. The van der Waals surface area contributed by atoms with E-state index in [-0.39, 0.29) is 0 Å². The molecule has 0 N–H and O–H groups in total. The Hall–Kier alpha value is -0.560. The summed E-state index contributed by atoms with van der Waals surface area (Å²) in [5.74, 6) is 0. The monoisotopic (exact) mass is 224 g/mol. The van der Waals surface area contributed by atoms with Gasteiger partial charge < -0.3 is 0 Å². The van der Waals surface area contributed by atoms with Gasteiger partial charge in [0.1, 0.15) is 0 Å². The molecule has 0 aromatic heterocycles. The zero-order chi connectivity index (χ0) is 8.81. The Morgan fingerprint density at radius 3 is 2.58 bits per heavy atom. The molecule has 0 saturated carbocycles. The molecule has 64 valence electrons. The van der Waals surface area contributed by atoms with E-state index in [0.29, 0.717) is 0 Å². The molecule has 0 nitrogen and oxygen atoms in total. The fourth-order valence-corrected chi connectivity index (χ4v) is 1.27. The van der Waals surface area contributed by atoms with Gasteiger partial charge in [-0.05, 0) is 30.3 Å². The third-order valence-corrected chi connectivity index (χ3v) is 2.62. The maximum absolute atomic E-state index is 3.33. The molecule has 0 fully saturated rings. The molecule has 0 aliphatic carbocycles. The van der Waals surface area contributed by atoms with Gasteiger partial charge in [0, 0.05) is 0 Å². The first-order valence-electron chi connectivity index (χ1n) is 4.12. The topological polar surface area (TPSA) is 0 Å². The summed E-state index contributed by atoms with van der Waals surface area (Å²) in [5.41, 5.74) is 2.80. The molecule has 0 heterocycles. The second-order valence-corrected chi connectivity index (χ2v) is 3.40. The van der Waals surface area contributed by atoms with E-state index < -0.39 is 0 Å². The zero-order valence-electron chi connectivity index (χ0n) is 7.26. The fraction of sp³-hybridized carbons (Fsp3) is 0.273. The molecule has 1 aromatic rings. The van der Waals surface area contributed by atoms with Gasteiger partial charge in [-0.2, -0.15) is 0 Å². The highest BCUT2D eigenvalue weighted by atomic mass is 79.9. The summed E-state index contributed by atoms with van der Waals surface area (Å²) in [6, 6.07) is 10.6. The molecule has 0 radical (unpaired) electrons. The Bertz CT molecular complexity index is 249. The molecule has 1 aromatic carbocycles. The van der Waals surface area contributed by atoms with Gasteiger partial charge in [-0.25, -0.2) is 0 Å². The molecule has 0 aliphatic rings. The van der Waals surface area contributed by atoms with Crippen molar-refractivity contribution in [3.05, 3.63) is 46.5 Å². The van der Waals surface area contributed by atoms with Gasteiger partial charge >= 0.3 is 0 Å². The molecule has 0 bridgehead atoms. The lowest BCUT2D eigenvalue weighted by molar-refractivity contribution is 0.945. The molecular formula is C11H13Br. The van der Waals surface area contributed by atoms with Crippen LogP contribution in [0.15, 0.2) is 40.9 Å². The average molecular weight is 225 g/mol. The number of rotatable bonds is 3. The van der Waals surface area contributed by atoms with Crippen LogP contribution in [0.4, 0.5) is 0 Å². The first-order chi connectivity index (χ1) is 5.83. The van der Waals surface area contributed by atoms with Crippen LogP contribution in [0, 0.1) is 0 Å². The van der Waals surface area contributed by atoms with E-state index in [1.807, 2.05) is 4.99 Å². The number of halogens is 1. The lowest BCUT2D eigenvalue weighted by atomic mass is 10.1. The van der Waals surface area contributed by atoms with Crippen LogP contribution >= 0.6 is 15.9 Å². The van der Waals surface area contributed by atoms with Gasteiger partial charge in [-0.3, -0.25) is 0 Å². The quantitative estimate of drug-likeness (QED) is 0.731. The standard InChI is InChI=1S/C11H13Br/c1-10(9-12)7-8-11-5-3-2-4-6-11/h2-6,9H,7-8H2,1H3/b10-9+. The van der Waals surface area contributed by atoms with Crippen LogP contribution in [0.25, 0.3) is 0 Å². The number of hydrogen-bond donors (Lipinski definition) is 0. The molecule has 0 spiro atoms. The van der Waals surface area contributed by atoms with E-state index in [2.05, 4.69) is 53.2 Å². The molecule has 1 heteroatoms. The summed E-state index contributed by atoms with van der Waals surface area (Å²) >= 11 is 3.33. The molecule has 1 rings (SSSR count). The molecule has 0 unspecified atom stereocenters. The number of allylic oxidation sites excluding steroid dienone is 1. The van der Waals surface area contributed by atoms with Gasteiger partial charge in [-0.1, -0.05) is 51.8 Å².